The molecule has 8 rings (SSSR count). The number of hydrogen-bond donors (Lipinski definition) is 4. The van der Waals surface area contributed by atoms with Crippen molar-refractivity contribution in [3.05, 3.63) is 136 Å². The number of hydrogen-bond acceptors (Lipinski definition) is 8. The lowest BCUT2D eigenvalue weighted by molar-refractivity contribution is -0.0311. The van der Waals surface area contributed by atoms with Crippen LogP contribution in [-0.2, 0) is 24.3 Å². The minimum absolute atomic E-state index is 0.0314. The van der Waals surface area contributed by atoms with Crippen molar-refractivity contribution < 1.29 is 24.5 Å². The Morgan fingerprint density at radius 1 is 0.922 bits per heavy atom. The van der Waals surface area contributed by atoms with E-state index >= 15 is 0 Å². The zero-order valence-electron chi connectivity index (χ0n) is 28.5. The van der Waals surface area contributed by atoms with Crippen LogP contribution in [0.15, 0.2) is 108 Å². The van der Waals surface area contributed by atoms with Crippen LogP contribution in [0.25, 0.3) is 10.9 Å². The van der Waals surface area contributed by atoms with E-state index in [2.05, 4.69) is 27.3 Å². The second-order valence-electron chi connectivity index (χ2n) is 13.5. The molecule has 1 amide bonds. The molecule has 0 radical (unpaired) electrons. The lowest BCUT2D eigenvalue weighted by atomic mass is 9.86. The molecule has 0 spiro atoms. The molecule has 2 atom stereocenters. The number of fused-ring (bicyclic) bond motifs is 4. The number of phenolic OH excluding ortho intramolecular Hbond substituents is 1. The molecular formula is C41H44N4O6. The molecule has 3 aliphatic heterocycles. The third-order valence-corrected chi connectivity index (χ3v) is 10.0. The van der Waals surface area contributed by atoms with Gasteiger partial charge < -0.3 is 30.0 Å². The molecule has 264 valence electrons. The van der Waals surface area contributed by atoms with E-state index in [-0.39, 0.29) is 23.5 Å². The van der Waals surface area contributed by atoms with Crippen LogP contribution in [0.2, 0.25) is 0 Å². The van der Waals surface area contributed by atoms with Gasteiger partial charge in [-0.15, -0.1) is 0 Å². The monoisotopic (exact) mass is 688 g/mol. The third kappa shape index (κ3) is 8.42. The lowest BCUT2D eigenvalue weighted by Crippen LogP contribution is -2.53. The Morgan fingerprint density at radius 3 is 2.47 bits per heavy atom. The van der Waals surface area contributed by atoms with Crippen molar-refractivity contribution >= 4 is 22.7 Å². The third-order valence-electron chi connectivity index (χ3n) is 10.0. The number of benzene rings is 4. The minimum Gasteiger partial charge on any atom is -0.506 e. The van der Waals surface area contributed by atoms with Crippen molar-refractivity contribution in [2.24, 2.45) is 5.92 Å². The summed E-state index contributed by atoms with van der Waals surface area (Å²) in [4.78, 5) is 32.1. The van der Waals surface area contributed by atoms with Crippen LogP contribution in [0.3, 0.4) is 0 Å². The van der Waals surface area contributed by atoms with Crippen molar-refractivity contribution in [3.8, 4) is 11.5 Å². The van der Waals surface area contributed by atoms with Gasteiger partial charge in [-0.2, -0.15) is 0 Å². The van der Waals surface area contributed by atoms with Gasteiger partial charge in [-0.25, -0.2) is 4.79 Å². The molecule has 4 aromatic carbocycles. The van der Waals surface area contributed by atoms with Crippen LogP contribution >= 0.6 is 0 Å². The van der Waals surface area contributed by atoms with Crippen LogP contribution in [-0.4, -0.2) is 65.0 Å². The summed E-state index contributed by atoms with van der Waals surface area (Å²) in [6.45, 7) is 4.74. The highest BCUT2D eigenvalue weighted by atomic mass is 16.6. The number of rotatable bonds is 13. The Bertz CT molecular complexity index is 1990. The van der Waals surface area contributed by atoms with Crippen molar-refractivity contribution in [2.75, 3.05) is 37.6 Å². The number of carbonyl (C=O) groups excluding carboxylic acids is 1. The highest BCUT2D eigenvalue weighted by Gasteiger charge is 2.37. The van der Waals surface area contributed by atoms with E-state index in [1.807, 2.05) is 66.7 Å². The number of H-pyrrole nitrogens is 1. The van der Waals surface area contributed by atoms with E-state index < -0.39 is 6.10 Å². The maximum absolute atomic E-state index is 13.7. The predicted octanol–water partition coefficient (Wildman–Crippen LogP) is 5.92. The molecule has 3 fully saturated rings. The maximum Gasteiger partial charge on any atom is 0.414 e. The first-order chi connectivity index (χ1) is 24.9. The molecule has 4 N–H and O–H groups in total. The molecule has 0 saturated carbocycles. The SMILES string of the molecule is O=C(O[C@H]1CN2CCC1CC2)N(Cc1ccccc1)c1cccc(OCc2ccc(CCNC[C@H](O)c3ccc(O)c4[nH]c(=O)ccc34)cc2)c1. The Morgan fingerprint density at radius 2 is 1.71 bits per heavy atom. The number of aromatic nitrogens is 1. The molecule has 3 aliphatic rings. The van der Waals surface area contributed by atoms with Gasteiger partial charge in [0.1, 0.15) is 24.2 Å². The zero-order valence-corrected chi connectivity index (χ0v) is 28.5. The number of aromatic amines is 1. The number of piperidine rings is 3. The normalized spacial score (nSPS) is 18.7. The van der Waals surface area contributed by atoms with Gasteiger partial charge in [-0.05, 0) is 91.3 Å². The fourth-order valence-corrected chi connectivity index (χ4v) is 7.11. The van der Waals surface area contributed by atoms with Crippen LogP contribution in [0.1, 0.15) is 41.2 Å². The van der Waals surface area contributed by atoms with Crippen molar-refractivity contribution in [1.82, 2.24) is 15.2 Å². The number of phenols is 1. The molecular weight excluding hydrogens is 644 g/mol. The molecule has 2 bridgehead atoms. The van der Waals surface area contributed by atoms with Crippen molar-refractivity contribution in [1.29, 1.82) is 0 Å². The number of nitrogens with one attached hydrogen (secondary N) is 2. The largest absolute Gasteiger partial charge is 0.506 e. The predicted molar refractivity (Wildman–Crippen MR) is 197 cm³/mol. The number of aliphatic hydroxyl groups excluding tert-OH is 1. The number of ether oxygens (including phenoxy) is 2. The topological polar surface area (TPSA) is 127 Å². The first-order valence-corrected chi connectivity index (χ1v) is 17.7. The van der Waals surface area contributed by atoms with Gasteiger partial charge in [0, 0.05) is 30.6 Å². The quantitative estimate of drug-likeness (QED) is 0.112. The molecule has 0 unspecified atom stereocenters. The molecule has 3 saturated heterocycles. The van der Waals surface area contributed by atoms with E-state index in [0.717, 1.165) is 61.3 Å². The van der Waals surface area contributed by atoms with Crippen LogP contribution < -0.4 is 20.5 Å². The molecule has 4 heterocycles. The summed E-state index contributed by atoms with van der Waals surface area (Å²) in [7, 11) is 0. The van der Waals surface area contributed by atoms with Gasteiger partial charge in [0.05, 0.1) is 23.9 Å². The molecule has 10 heteroatoms. The molecule has 1 aromatic heterocycles. The smallest absolute Gasteiger partial charge is 0.414 e. The summed E-state index contributed by atoms with van der Waals surface area (Å²) in [6, 6.07) is 32.0. The maximum atomic E-state index is 13.7. The zero-order chi connectivity index (χ0) is 35.2. The Hall–Kier alpha value is -5.16. The number of anilines is 1. The average Bonchev–Trinajstić information content (AvgIpc) is 3.16. The van der Waals surface area contributed by atoms with E-state index in [0.29, 0.717) is 54.4 Å². The van der Waals surface area contributed by atoms with Crippen LogP contribution in [0.4, 0.5) is 10.5 Å². The van der Waals surface area contributed by atoms with E-state index in [1.165, 1.54) is 12.1 Å². The van der Waals surface area contributed by atoms with E-state index in [1.54, 1.807) is 17.0 Å². The molecule has 0 aliphatic carbocycles. The highest BCUT2D eigenvalue weighted by molar-refractivity contribution is 5.88. The number of pyridine rings is 1. The van der Waals surface area contributed by atoms with Gasteiger partial charge in [0.2, 0.25) is 5.56 Å². The summed E-state index contributed by atoms with van der Waals surface area (Å²) >= 11 is 0. The molecule has 10 nitrogen and oxygen atoms in total. The number of nitrogens with zero attached hydrogens (tertiary/aromatic N) is 2. The second kappa shape index (κ2) is 15.8. The van der Waals surface area contributed by atoms with Crippen molar-refractivity contribution in [3.63, 3.8) is 0 Å². The molecule has 5 aromatic rings. The number of carbonyl (C=O) groups is 1. The average molecular weight is 689 g/mol. The second-order valence-corrected chi connectivity index (χ2v) is 13.5. The highest BCUT2D eigenvalue weighted by Crippen LogP contribution is 2.32. The number of amides is 1. The van der Waals surface area contributed by atoms with E-state index in [4.69, 9.17) is 9.47 Å². The van der Waals surface area contributed by atoms with E-state index in [9.17, 15) is 19.8 Å². The summed E-state index contributed by atoms with van der Waals surface area (Å²) in [5.74, 6) is 1.06. The Kier molecular flexibility index (Phi) is 10.6. The standard InChI is InChI=1S/C41H44N4O6/c46-36-15-13-34(35-14-16-39(48)43-40(35)36)37(47)24-42-20-17-28-9-11-30(12-10-28)27-50-33-8-4-7-32(23-33)45(25-29-5-2-1-3-6-29)41(49)51-38-26-44-21-18-31(38)19-22-44/h1-16,23,31,37-38,42,46-47H,17-22,24-27H2,(H,43,48)/t37-,38-/m0/s1. The molecule has 51 heavy (non-hydrogen) atoms. The Balaban J connectivity index is 0.924. The summed E-state index contributed by atoms with van der Waals surface area (Å²) in [6.07, 6.45) is 1.70. The van der Waals surface area contributed by atoms with Gasteiger partial charge in [-0.3, -0.25) is 14.6 Å². The summed E-state index contributed by atoms with van der Waals surface area (Å²) in [5.41, 5.74) is 4.56. The first-order valence-electron chi connectivity index (χ1n) is 17.7. The van der Waals surface area contributed by atoms with Gasteiger partial charge in [0.15, 0.2) is 0 Å². The first kappa shape index (κ1) is 34.3. The summed E-state index contributed by atoms with van der Waals surface area (Å²) in [5, 5.41) is 24.8. The fourth-order valence-electron chi connectivity index (χ4n) is 7.11. The minimum atomic E-state index is -0.807. The summed E-state index contributed by atoms with van der Waals surface area (Å²) < 4.78 is 12.3. The lowest BCUT2D eigenvalue weighted by Gasteiger charge is -2.44. The van der Waals surface area contributed by atoms with Gasteiger partial charge in [-0.1, -0.05) is 66.7 Å². The Labute approximate surface area is 297 Å². The number of aliphatic hydroxyl groups is 1. The van der Waals surface area contributed by atoms with Gasteiger partial charge >= 0.3 is 6.09 Å². The fraction of sp³-hybridized carbons (Fsp3) is 0.317. The number of aromatic hydroxyl groups is 1. The van der Waals surface area contributed by atoms with Gasteiger partial charge in [0.25, 0.3) is 0 Å². The van der Waals surface area contributed by atoms with Crippen molar-refractivity contribution in [2.45, 2.75) is 44.6 Å². The van der Waals surface area contributed by atoms with Crippen LogP contribution in [0, 0.1) is 5.92 Å². The van der Waals surface area contributed by atoms with Crippen LogP contribution in [0.5, 0.6) is 11.5 Å².